The van der Waals surface area contributed by atoms with E-state index >= 15 is 0 Å². The number of carbonyl (C=O) groups is 1. The zero-order chi connectivity index (χ0) is 9.68. The Balaban J connectivity index is 2.23. The van der Waals surface area contributed by atoms with Crippen LogP contribution in [-0.2, 0) is 14.3 Å². The number of methoxy groups -OCH3 is 1. The molecule has 1 heterocycles. The quantitative estimate of drug-likeness (QED) is 0.566. The van der Waals surface area contributed by atoms with Gasteiger partial charge >= 0.3 is 5.97 Å². The van der Waals surface area contributed by atoms with Crippen molar-refractivity contribution in [3.8, 4) is 0 Å². The highest BCUT2D eigenvalue weighted by Crippen LogP contribution is 1.99. The fourth-order valence-corrected chi connectivity index (χ4v) is 1.29. The lowest BCUT2D eigenvalue weighted by Crippen LogP contribution is -2.44. The van der Waals surface area contributed by atoms with Crippen molar-refractivity contribution in [3.05, 3.63) is 0 Å². The number of ether oxygens (including phenoxy) is 2. The maximum absolute atomic E-state index is 10.8. The van der Waals surface area contributed by atoms with Gasteiger partial charge in [-0.1, -0.05) is 0 Å². The Morgan fingerprint density at radius 3 is 3.15 bits per heavy atom. The number of morpholine rings is 1. The van der Waals surface area contributed by atoms with Crippen LogP contribution in [0.25, 0.3) is 0 Å². The third-order valence-electron chi connectivity index (χ3n) is 1.85. The predicted octanol–water partition coefficient (Wildman–Crippen LogP) is -1.15. The monoisotopic (exact) mass is 189 g/mol. The smallest absolute Gasteiger partial charge is 0.320 e. The number of aliphatic hydroxyl groups is 1. The normalized spacial score (nSPS) is 21.2. The molecule has 1 rings (SSSR count). The van der Waals surface area contributed by atoms with Gasteiger partial charge in [-0.3, -0.25) is 9.69 Å². The largest absolute Gasteiger partial charge is 0.463 e. The van der Waals surface area contributed by atoms with Crippen molar-refractivity contribution in [2.75, 3.05) is 40.0 Å². The van der Waals surface area contributed by atoms with E-state index in [-0.39, 0.29) is 12.5 Å². The summed E-state index contributed by atoms with van der Waals surface area (Å²) in [5.41, 5.74) is 0. The summed E-state index contributed by atoms with van der Waals surface area (Å²) in [5.74, 6) is -0.226. The molecule has 76 valence electrons. The molecule has 1 atom stereocenters. The third-order valence-corrected chi connectivity index (χ3v) is 1.85. The first-order valence-electron chi connectivity index (χ1n) is 4.27. The van der Waals surface area contributed by atoms with E-state index in [9.17, 15) is 9.90 Å². The molecule has 0 spiro atoms. The van der Waals surface area contributed by atoms with E-state index in [0.29, 0.717) is 26.3 Å². The number of esters is 1. The van der Waals surface area contributed by atoms with Crippen LogP contribution >= 0.6 is 0 Å². The average molecular weight is 189 g/mol. The van der Waals surface area contributed by atoms with Gasteiger partial charge in [-0.05, 0) is 0 Å². The Hall–Kier alpha value is -0.650. The average Bonchev–Trinajstić information content (AvgIpc) is 2.04. The number of hydrogen-bond acceptors (Lipinski definition) is 5. The van der Waals surface area contributed by atoms with Gasteiger partial charge in [-0.15, -0.1) is 0 Å². The first kappa shape index (κ1) is 10.4. The summed E-state index contributed by atoms with van der Waals surface area (Å²) in [6, 6.07) is 0. The Labute approximate surface area is 77.2 Å². The van der Waals surface area contributed by atoms with E-state index in [4.69, 9.17) is 9.47 Å². The van der Waals surface area contributed by atoms with Crippen molar-refractivity contribution in [2.45, 2.75) is 6.10 Å². The maximum Gasteiger partial charge on any atom is 0.320 e. The molecule has 0 aliphatic carbocycles. The number of cyclic esters (lactones) is 1. The molecular weight excluding hydrogens is 174 g/mol. The summed E-state index contributed by atoms with van der Waals surface area (Å²) in [5, 5.41) is 9.37. The highest BCUT2D eigenvalue weighted by atomic mass is 16.5. The van der Waals surface area contributed by atoms with E-state index in [1.165, 1.54) is 7.11 Å². The Morgan fingerprint density at radius 2 is 2.54 bits per heavy atom. The van der Waals surface area contributed by atoms with Gasteiger partial charge in [-0.25, -0.2) is 0 Å². The second-order valence-corrected chi connectivity index (χ2v) is 3.06. The van der Waals surface area contributed by atoms with Gasteiger partial charge in [0.05, 0.1) is 19.3 Å². The van der Waals surface area contributed by atoms with Crippen LogP contribution in [0.4, 0.5) is 0 Å². The van der Waals surface area contributed by atoms with E-state index in [2.05, 4.69) is 0 Å². The number of hydrogen-bond donors (Lipinski definition) is 1. The molecule has 5 nitrogen and oxygen atoms in total. The molecule has 1 aliphatic heterocycles. The highest BCUT2D eigenvalue weighted by Gasteiger charge is 2.19. The lowest BCUT2D eigenvalue weighted by molar-refractivity contribution is -0.151. The molecule has 13 heavy (non-hydrogen) atoms. The van der Waals surface area contributed by atoms with Crippen LogP contribution in [0.15, 0.2) is 0 Å². The van der Waals surface area contributed by atoms with Crippen LogP contribution in [0.3, 0.4) is 0 Å². The minimum atomic E-state index is -0.532. The molecule has 0 aromatic heterocycles. The zero-order valence-corrected chi connectivity index (χ0v) is 7.73. The van der Waals surface area contributed by atoms with Crippen LogP contribution in [0.2, 0.25) is 0 Å². The molecule has 5 heteroatoms. The second-order valence-electron chi connectivity index (χ2n) is 3.06. The Morgan fingerprint density at radius 1 is 1.77 bits per heavy atom. The van der Waals surface area contributed by atoms with E-state index < -0.39 is 6.10 Å². The van der Waals surface area contributed by atoms with Crippen LogP contribution in [0.5, 0.6) is 0 Å². The molecule has 0 saturated carbocycles. The summed E-state index contributed by atoms with van der Waals surface area (Å²) in [7, 11) is 1.54. The number of aliphatic hydroxyl groups excluding tert-OH is 1. The minimum absolute atomic E-state index is 0.226. The Bertz CT molecular complexity index is 174. The summed E-state index contributed by atoms with van der Waals surface area (Å²) in [6.45, 7) is 2.13. The molecule has 1 saturated heterocycles. The van der Waals surface area contributed by atoms with E-state index in [1.807, 2.05) is 4.90 Å². The third kappa shape index (κ3) is 3.71. The van der Waals surface area contributed by atoms with Crippen molar-refractivity contribution in [2.24, 2.45) is 0 Å². The van der Waals surface area contributed by atoms with Crippen LogP contribution in [0, 0.1) is 0 Å². The second kappa shape index (κ2) is 5.16. The molecule has 0 aromatic rings. The maximum atomic E-state index is 10.8. The van der Waals surface area contributed by atoms with Gasteiger partial charge in [0, 0.05) is 20.2 Å². The molecule has 0 bridgehead atoms. The number of rotatable bonds is 4. The summed E-state index contributed by atoms with van der Waals surface area (Å²) in [4.78, 5) is 12.7. The standard InChI is InChI=1S/C8H15NO4/c1-12-6-7(10)4-9-2-3-13-8(11)5-9/h7,10H,2-6H2,1H3. The minimum Gasteiger partial charge on any atom is -0.463 e. The van der Waals surface area contributed by atoms with E-state index in [1.54, 1.807) is 0 Å². The summed E-state index contributed by atoms with van der Waals surface area (Å²) < 4.78 is 9.54. The summed E-state index contributed by atoms with van der Waals surface area (Å²) >= 11 is 0. The lowest BCUT2D eigenvalue weighted by atomic mass is 10.3. The van der Waals surface area contributed by atoms with Gasteiger partial charge in [-0.2, -0.15) is 0 Å². The number of carbonyl (C=O) groups excluding carboxylic acids is 1. The van der Waals surface area contributed by atoms with Crippen molar-refractivity contribution >= 4 is 5.97 Å². The molecule has 0 radical (unpaired) electrons. The van der Waals surface area contributed by atoms with Gasteiger partial charge < -0.3 is 14.6 Å². The van der Waals surface area contributed by atoms with Gasteiger partial charge in [0.15, 0.2) is 0 Å². The highest BCUT2D eigenvalue weighted by molar-refractivity contribution is 5.72. The first-order chi connectivity index (χ1) is 6.22. The van der Waals surface area contributed by atoms with Crippen molar-refractivity contribution in [1.29, 1.82) is 0 Å². The van der Waals surface area contributed by atoms with Crippen molar-refractivity contribution in [1.82, 2.24) is 4.90 Å². The molecular formula is C8H15NO4. The van der Waals surface area contributed by atoms with Crippen LogP contribution < -0.4 is 0 Å². The molecule has 1 unspecified atom stereocenters. The fraction of sp³-hybridized carbons (Fsp3) is 0.875. The SMILES string of the molecule is COCC(O)CN1CCOC(=O)C1. The molecule has 0 amide bonds. The molecule has 1 fully saturated rings. The zero-order valence-electron chi connectivity index (χ0n) is 7.73. The van der Waals surface area contributed by atoms with Gasteiger partial charge in [0.25, 0.3) is 0 Å². The predicted molar refractivity (Wildman–Crippen MR) is 45.3 cm³/mol. The summed E-state index contributed by atoms with van der Waals surface area (Å²) in [6.07, 6.45) is -0.532. The number of nitrogens with zero attached hydrogens (tertiary/aromatic N) is 1. The Kier molecular flexibility index (Phi) is 4.14. The molecule has 1 aliphatic rings. The molecule has 1 N–H and O–H groups in total. The van der Waals surface area contributed by atoms with Gasteiger partial charge in [0.2, 0.25) is 0 Å². The molecule has 0 aromatic carbocycles. The fourth-order valence-electron chi connectivity index (χ4n) is 1.29. The first-order valence-corrected chi connectivity index (χ1v) is 4.27. The van der Waals surface area contributed by atoms with E-state index in [0.717, 1.165) is 0 Å². The van der Waals surface area contributed by atoms with Gasteiger partial charge in [0.1, 0.15) is 6.61 Å². The van der Waals surface area contributed by atoms with Crippen LogP contribution in [0.1, 0.15) is 0 Å². The van der Waals surface area contributed by atoms with Crippen LogP contribution in [-0.4, -0.2) is 62.0 Å². The lowest BCUT2D eigenvalue weighted by Gasteiger charge is -2.27. The topological polar surface area (TPSA) is 59.0 Å². The van der Waals surface area contributed by atoms with Crippen molar-refractivity contribution < 1.29 is 19.4 Å². The number of β-amino-alcohol motifs (C(OH)–C–C–N with tert-alkyl or cyclic N) is 1. The van der Waals surface area contributed by atoms with Crippen molar-refractivity contribution in [3.63, 3.8) is 0 Å².